The zero-order valence-electron chi connectivity index (χ0n) is 17.3. The number of ether oxygens (including phenoxy) is 1. The van der Waals surface area contributed by atoms with Gasteiger partial charge in [-0.3, -0.25) is 4.79 Å². The van der Waals surface area contributed by atoms with Gasteiger partial charge < -0.3 is 20.4 Å². The van der Waals surface area contributed by atoms with E-state index >= 15 is 0 Å². The molecular formula is C23H21N5O4. The van der Waals surface area contributed by atoms with E-state index in [1.165, 1.54) is 7.05 Å². The number of amides is 4. The van der Waals surface area contributed by atoms with Gasteiger partial charge in [-0.2, -0.15) is 0 Å². The molecule has 0 bridgehead atoms. The molecule has 0 radical (unpaired) electrons. The number of nitrogens with one attached hydrogen (secondary N) is 3. The predicted molar refractivity (Wildman–Crippen MR) is 116 cm³/mol. The van der Waals surface area contributed by atoms with Crippen molar-refractivity contribution in [2.75, 3.05) is 12.4 Å². The van der Waals surface area contributed by atoms with Crippen LogP contribution in [0.15, 0.2) is 54.7 Å². The summed E-state index contributed by atoms with van der Waals surface area (Å²) >= 11 is 0. The summed E-state index contributed by atoms with van der Waals surface area (Å²) in [6.45, 7) is -0.00209. The normalized spacial score (nSPS) is 19.2. The molecule has 0 saturated carbocycles. The van der Waals surface area contributed by atoms with Gasteiger partial charge in [0.05, 0.1) is 18.4 Å². The summed E-state index contributed by atoms with van der Waals surface area (Å²) in [5.74, 6) is 0.0977. The molecule has 162 valence electrons. The van der Waals surface area contributed by atoms with Crippen molar-refractivity contribution in [3.8, 4) is 11.3 Å². The zero-order chi connectivity index (χ0) is 22.3. The van der Waals surface area contributed by atoms with E-state index in [4.69, 9.17) is 4.74 Å². The van der Waals surface area contributed by atoms with Gasteiger partial charge in [-0.15, -0.1) is 0 Å². The van der Waals surface area contributed by atoms with Crippen molar-refractivity contribution >= 4 is 23.7 Å². The standard InChI is InChI=1S/C23H21N5O4/c1-24-21(30)26-16-7-8-17-15(11-16)9-10-23(17)20(29)28(22(31)32-23)13-19-25-12-18(27-19)14-5-3-2-4-6-14/h2-8,11-12H,9-10,13H2,1H3,(H,25,27)(H2,24,26,30). The van der Waals surface area contributed by atoms with Crippen molar-refractivity contribution in [1.82, 2.24) is 20.2 Å². The number of fused-ring (bicyclic) bond motifs is 2. The first kappa shape index (κ1) is 19.8. The third-order valence-electron chi connectivity index (χ3n) is 5.87. The molecule has 1 fully saturated rings. The Labute approximate surface area is 183 Å². The van der Waals surface area contributed by atoms with Gasteiger partial charge in [0.15, 0.2) is 0 Å². The Balaban J connectivity index is 1.37. The molecule has 4 amide bonds. The molecule has 9 nitrogen and oxygen atoms in total. The first-order valence-electron chi connectivity index (χ1n) is 10.3. The number of aromatic nitrogens is 2. The van der Waals surface area contributed by atoms with E-state index in [1.54, 1.807) is 18.3 Å². The maximum atomic E-state index is 13.4. The summed E-state index contributed by atoms with van der Waals surface area (Å²) in [6, 6.07) is 14.6. The van der Waals surface area contributed by atoms with Crippen molar-refractivity contribution in [3.05, 3.63) is 71.7 Å². The highest BCUT2D eigenvalue weighted by atomic mass is 16.6. The lowest BCUT2D eigenvalue weighted by Gasteiger charge is -2.20. The van der Waals surface area contributed by atoms with Crippen LogP contribution in [-0.4, -0.2) is 39.9 Å². The molecule has 2 aliphatic rings. The predicted octanol–water partition coefficient (Wildman–Crippen LogP) is 3.15. The van der Waals surface area contributed by atoms with Crippen LogP contribution < -0.4 is 10.6 Å². The maximum Gasteiger partial charge on any atom is 0.418 e. The molecule has 5 rings (SSSR count). The highest BCUT2D eigenvalue weighted by molar-refractivity contribution is 6.04. The second kappa shape index (κ2) is 7.52. The van der Waals surface area contributed by atoms with Crippen LogP contribution in [0, 0.1) is 0 Å². The summed E-state index contributed by atoms with van der Waals surface area (Å²) < 4.78 is 5.66. The Morgan fingerprint density at radius 2 is 2.03 bits per heavy atom. The second-order valence-electron chi connectivity index (χ2n) is 7.77. The van der Waals surface area contributed by atoms with Gasteiger partial charge in [0.25, 0.3) is 5.91 Å². The van der Waals surface area contributed by atoms with Gasteiger partial charge >= 0.3 is 12.1 Å². The van der Waals surface area contributed by atoms with E-state index < -0.39 is 17.6 Å². The number of aryl methyl sites for hydroxylation is 1. The van der Waals surface area contributed by atoms with Crippen molar-refractivity contribution in [2.24, 2.45) is 0 Å². The van der Waals surface area contributed by atoms with Crippen LogP contribution in [0.25, 0.3) is 11.3 Å². The lowest BCUT2D eigenvalue weighted by molar-refractivity contribution is -0.137. The molecule has 1 aromatic heterocycles. The van der Waals surface area contributed by atoms with E-state index in [9.17, 15) is 14.4 Å². The molecule has 2 heterocycles. The van der Waals surface area contributed by atoms with Crippen LogP contribution in [0.1, 0.15) is 23.4 Å². The molecule has 9 heteroatoms. The van der Waals surface area contributed by atoms with Crippen LogP contribution in [0.5, 0.6) is 0 Å². The Morgan fingerprint density at radius 1 is 1.22 bits per heavy atom. The number of rotatable bonds is 4. The summed E-state index contributed by atoms with van der Waals surface area (Å²) in [6.07, 6.45) is 1.91. The monoisotopic (exact) mass is 431 g/mol. The number of anilines is 1. The minimum absolute atomic E-state index is 0.00209. The number of H-pyrrole nitrogens is 1. The largest absolute Gasteiger partial charge is 0.427 e. The minimum Gasteiger partial charge on any atom is -0.427 e. The Kier molecular flexibility index (Phi) is 4.66. The molecule has 3 N–H and O–H groups in total. The highest BCUT2D eigenvalue weighted by Gasteiger charge is 2.58. The van der Waals surface area contributed by atoms with Crippen LogP contribution in [0.2, 0.25) is 0 Å². The molecule has 1 aliphatic carbocycles. The van der Waals surface area contributed by atoms with E-state index in [0.717, 1.165) is 21.7 Å². The fraction of sp³-hybridized carbons (Fsp3) is 0.217. The molecule has 1 aliphatic heterocycles. The van der Waals surface area contributed by atoms with Gasteiger partial charge in [-0.25, -0.2) is 19.5 Å². The average Bonchev–Trinajstić information content (AvgIpc) is 3.48. The van der Waals surface area contributed by atoms with Gasteiger partial charge in [-0.1, -0.05) is 36.4 Å². The topological polar surface area (TPSA) is 116 Å². The van der Waals surface area contributed by atoms with E-state index in [2.05, 4.69) is 20.6 Å². The summed E-state index contributed by atoms with van der Waals surface area (Å²) in [5, 5.41) is 5.21. The number of carbonyl (C=O) groups excluding carboxylic acids is 3. The minimum atomic E-state index is -1.33. The third-order valence-corrected chi connectivity index (χ3v) is 5.87. The number of aromatic amines is 1. The van der Waals surface area contributed by atoms with Crippen molar-refractivity contribution < 1.29 is 19.1 Å². The number of imidazole rings is 1. The van der Waals surface area contributed by atoms with E-state index in [0.29, 0.717) is 29.9 Å². The number of nitrogens with zero attached hydrogens (tertiary/aromatic N) is 2. The number of benzene rings is 2. The highest BCUT2D eigenvalue weighted by Crippen LogP contribution is 2.46. The third kappa shape index (κ3) is 3.18. The van der Waals surface area contributed by atoms with Gasteiger partial charge in [-0.05, 0) is 29.7 Å². The molecular weight excluding hydrogens is 410 g/mol. The van der Waals surface area contributed by atoms with Gasteiger partial charge in [0.1, 0.15) is 5.82 Å². The SMILES string of the molecule is CNC(=O)Nc1ccc2c(c1)CCC21OC(=O)N(Cc2ncc(-c3ccccc3)[nH]2)C1=O. The fourth-order valence-electron chi connectivity index (χ4n) is 4.28. The molecule has 32 heavy (non-hydrogen) atoms. The number of hydrogen-bond acceptors (Lipinski definition) is 5. The van der Waals surface area contributed by atoms with Crippen LogP contribution in [-0.2, 0) is 28.1 Å². The van der Waals surface area contributed by atoms with Crippen LogP contribution in [0.3, 0.4) is 0 Å². The van der Waals surface area contributed by atoms with E-state index in [1.807, 2.05) is 36.4 Å². The molecule has 2 aromatic carbocycles. The number of imide groups is 1. The molecule has 1 spiro atoms. The Bertz CT molecular complexity index is 1220. The first-order valence-corrected chi connectivity index (χ1v) is 10.3. The quantitative estimate of drug-likeness (QED) is 0.587. The Morgan fingerprint density at radius 3 is 2.81 bits per heavy atom. The van der Waals surface area contributed by atoms with Gasteiger partial charge in [0.2, 0.25) is 5.60 Å². The van der Waals surface area contributed by atoms with Crippen molar-refractivity contribution in [2.45, 2.75) is 25.0 Å². The first-order chi connectivity index (χ1) is 15.5. The Hall–Kier alpha value is -4.14. The van der Waals surface area contributed by atoms with Crippen molar-refractivity contribution in [3.63, 3.8) is 0 Å². The summed E-state index contributed by atoms with van der Waals surface area (Å²) in [7, 11) is 1.53. The smallest absolute Gasteiger partial charge is 0.418 e. The fourth-order valence-corrected chi connectivity index (χ4v) is 4.28. The van der Waals surface area contributed by atoms with Crippen LogP contribution in [0.4, 0.5) is 15.3 Å². The summed E-state index contributed by atoms with van der Waals surface area (Å²) in [5.41, 5.74) is 2.57. The number of carbonyl (C=O) groups is 3. The average molecular weight is 431 g/mol. The van der Waals surface area contributed by atoms with Gasteiger partial charge in [0, 0.05) is 24.7 Å². The molecule has 1 unspecified atom stereocenters. The second-order valence-corrected chi connectivity index (χ2v) is 7.77. The molecule has 3 aromatic rings. The summed E-state index contributed by atoms with van der Waals surface area (Å²) in [4.78, 5) is 46.2. The number of hydrogen-bond donors (Lipinski definition) is 3. The lowest BCUT2D eigenvalue weighted by atomic mass is 9.94. The van der Waals surface area contributed by atoms with Crippen molar-refractivity contribution in [1.29, 1.82) is 0 Å². The lowest BCUT2D eigenvalue weighted by Crippen LogP contribution is -2.37. The molecule has 1 atom stereocenters. The number of urea groups is 1. The van der Waals surface area contributed by atoms with Crippen LogP contribution >= 0.6 is 0 Å². The molecule has 1 saturated heterocycles. The zero-order valence-corrected chi connectivity index (χ0v) is 17.3. The maximum absolute atomic E-state index is 13.4. The van der Waals surface area contributed by atoms with E-state index in [-0.39, 0.29) is 12.6 Å².